The maximum absolute atomic E-state index is 14.4. The molecule has 1 heterocycles. The molecule has 29 heavy (non-hydrogen) atoms. The Morgan fingerprint density at radius 3 is 2.24 bits per heavy atom. The Hall–Kier alpha value is -2.59. The second kappa shape index (κ2) is 8.42. The summed E-state index contributed by atoms with van der Waals surface area (Å²) in [4.78, 5) is 13.7. The van der Waals surface area contributed by atoms with Crippen molar-refractivity contribution in [3.05, 3.63) is 53.3 Å². The van der Waals surface area contributed by atoms with E-state index in [1.165, 1.54) is 0 Å². The highest BCUT2D eigenvalue weighted by atomic mass is 32.2. The zero-order chi connectivity index (χ0) is 21.2. The van der Waals surface area contributed by atoms with Gasteiger partial charge in [0.1, 0.15) is 11.5 Å². The number of hydrogen-bond acceptors (Lipinski definition) is 4. The van der Waals surface area contributed by atoms with Crippen molar-refractivity contribution in [2.75, 3.05) is 29.9 Å². The number of halogens is 3. The van der Waals surface area contributed by atoms with Crippen LogP contribution in [0.25, 0.3) is 0 Å². The van der Waals surface area contributed by atoms with Crippen molar-refractivity contribution in [3.8, 4) is 0 Å². The number of nitrogens with zero attached hydrogens (tertiary/aromatic N) is 1. The van der Waals surface area contributed by atoms with Gasteiger partial charge in [0.15, 0.2) is 11.6 Å². The Morgan fingerprint density at radius 1 is 1.03 bits per heavy atom. The largest absolute Gasteiger partial charge is 0.367 e. The molecule has 1 amide bonds. The molecule has 0 aromatic heterocycles. The third kappa shape index (κ3) is 4.54. The molecule has 1 aliphatic heterocycles. The van der Waals surface area contributed by atoms with Crippen LogP contribution in [0, 0.1) is 17.5 Å². The first-order valence-corrected chi connectivity index (χ1v) is 10.6. The van der Waals surface area contributed by atoms with Crippen LogP contribution in [-0.4, -0.2) is 34.0 Å². The monoisotopic (exact) mass is 427 g/mol. The first-order chi connectivity index (χ1) is 13.7. The van der Waals surface area contributed by atoms with Gasteiger partial charge in [-0.1, -0.05) is 6.92 Å². The number of benzene rings is 2. The topological polar surface area (TPSA) is 78.5 Å². The molecule has 0 aliphatic carbocycles. The van der Waals surface area contributed by atoms with Crippen LogP contribution in [0.5, 0.6) is 0 Å². The van der Waals surface area contributed by atoms with Crippen LogP contribution < -0.4 is 14.9 Å². The van der Waals surface area contributed by atoms with Gasteiger partial charge in [0.05, 0.1) is 10.5 Å². The molecule has 0 bridgehead atoms. The summed E-state index contributed by atoms with van der Waals surface area (Å²) in [6, 6.07) is 4.64. The highest BCUT2D eigenvalue weighted by Gasteiger charge is 2.23. The molecule has 6 nitrogen and oxygen atoms in total. The van der Waals surface area contributed by atoms with E-state index in [-0.39, 0.29) is 22.8 Å². The molecular formula is C19H20F3N3O3S. The molecule has 1 aliphatic rings. The Kier molecular flexibility index (Phi) is 6.13. The average Bonchev–Trinajstić information content (AvgIpc) is 3.15. The summed E-state index contributed by atoms with van der Waals surface area (Å²) in [5.74, 6) is -3.67. The molecule has 0 radical (unpaired) electrons. The molecule has 0 spiro atoms. The van der Waals surface area contributed by atoms with Gasteiger partial charge < -0.3 is 10.2 Å². The molecule has 1 saturated heterocycles. The van der Waals surface area contributed by atoms with Crippen molar-refractivity contribution in [2.45, 2.75) is 24.7 Å². The third-order valence-electron chi connectivity index (χ3n) is 4.52. The molecule has 2 N–H and O–H groups in total. The van der Waals surface area contributed by atoms with E-state index in [9.17, 15) is 26.4 Å². The zero-order valence-electron chi connectivity index (χ0n) is 15.6. The highest BCUT2D eigenvalue weighted by molar-refractivity contribution is 7.89. The van der Waals surface area contributed by atoms with E-state index in [4.69, 9.17) is 0 Å². The van der Waals surface area contributed by atoms with Crippen LogP contribution in [0.1, 0.15) is 30.1 Å². The summed E-state index contributed by atoms with van der Waals surface area (Å²) >= 11 is 0. The quantitative estimate of drug-likeness (QED) is 0.742. The first kappa shape index (κ1) is 21.1. The summed E-state index contributed by atoms with van der Waals surface area (Å²) in [7, 11) is -3.91. The smallest absolute Gasteiger partial charge is 0.258 e. The molecule has 10 heteroatoms. The van der Waals surface area contributed by atoms with E-state index >= 15 is 0 Å². The van der Waals surface area contributed by atoms with Crippen LogP contribution in [-0.2, 0) is 10.0 Å². The normalized spacial score (nSPS) is 14.3. The number of amides is 1. The number of anilines is 2. The fourth-order valence-corrected chi connectivity index (χ4v) is 4.26. The van der Waals surface area contributed by atoms with Gasteiger partial charge in [-0.3, -0.25) is 4.79 Å². The van der Waals surface area contributed by atoms with Crippen molar-refractivity contribution in [3.63, 3.8) is 0 Å². The van der Waals surface area contributed by atoms with E-state index in [2.05, 4.69) is 10.0 Å². The summed E-state index contributed by atoms with van der Waals surface area (Å²) in [6.07, 6.45) is 1.67. The van der Waals surface area contributed by atoms with E-state index in [0.29, 0.717) is 13.1 Å². The van der Waals surface area contributed by atoms with E-state index in [0.717, 1.165) is 43.2 Å². The molecule has 3 rings (SSSR count). The Balaban J connectivity index is 1.87. The zero-order valence-corrected chi connectivity index (χ0v) is 16.5. The Morgan fingerprint density at radius 2 is 1.66 bits per heavy atom. The van der Waals surface area contributed by atoms with E-state index in [1.54, 1.807) is 11.8 Å². The maximum Gasteiger partial charge on any atom is 0.258 e. The number of carbonyl (C=O) groups excluding carboxylic acids is 1. The van der Waals surface area contributed by atoms with Gasteiger partial charge in [0.25, 0.3) is 5.91 Å². The molecular weight excluding hydrogens is 407 g/mol. The predicted octanol–water partition coefficient (Wildman–Crippen LogP) is 3.25. The van der Waals surface area contributed by atoms with Crippen molar-refractivity contribution >= 4 is 27.3 Å². The molecule has 1 fully saturated rings. The predicted molar refractivity (Wildman–Crippen MR) is 103 cm³/mol. The van der Waals surface area contributed by atoms with Crippen molar-refractivity contribution in [1.82, 2.24) is 4.72 Å². The van der Waals surface area contributed by atoms with Gasteiger partial charge >= 0.3 is 0 Å². The SMILES string of the molecule is CCNS(=O)(=O)c1ccc(F)c(C(=O)Nc2cc(F)c(N3CCCC3)c(F)c2)c1. The number of nitrogens with one attached hydrogen (secondary N) is 2. The second-order valence-corrected chi connectivity index (χ2v) is 8.35. The molecule has 156 valence electrons. The summed E-state index contributed by atoms with van der Waals surface area (Å²) in [6.45, 7) is 2.77. The first-order valence-electron chi connectivity index (χ1n) is 9.07. The average molecular weight is 427 g/mol. The van der Waals surface area contributed by atoms with Crippen LogP contribution in [0.3, 0.4) is 0 Å². The van der Waals surface area contributed by atoms with Crippen LogP contribution >= 0.6 is 0 Å². The standard InChI is InChI=1S/C19H20F3N3O3S/c1-2-23-29(27,28)13-5-6-15(20)14(11-13)19(26)24-12-9-16(21)18(17(22)10-12)25-7-3-4-8-25/h5-6,9-11,23H,2-4,7-8H2,1H3,(H,24,26). The summed E-state index contributed by atoms with van der Waals surface area (Å²) < 4.78 is 69.3. The van der Waals surface area contributed by atoms with Gasteiger partial charge in [-0.25, -0.2) is 26.3 Å². The number of rotatable bonds is 6. The maximum atomic E-state index is 14.4. The van der Waals surface area contributed by atoms with Crippen LogP contribution in [0.4, 0.5) is 24.5 Å². The van der Waals surface area contributed by atoms with Crippen molar-refractivity contribution < 1.29 is 26.4 Å². The Labute approximate surface area is 166 Å². The van der Waals surface area contributed by atoms with Crippen molar-refractivity contribution in [1.29, 1.82) is 0 Å². The van der Waals surface area contributed by atoms with Gasteiger partial charge in [-0.15, -0.1) is 0 Å². The van der Waals surface area contributed by atoms with Gasteiger partial charge in [-0.05, 0) is 43.2 Å². The lowest BCUT2D eigenvalue weighted by Crippen LogP contribution is -2.24. The molecule has 2 aromatic carbocycles. The number of sulfonamides is 1. The van der Waals surface area contributed by atoms with Crippen LogP contribution in [0.15, 0.2) is 35.2 Å². The number of carbonyl (C=O) groups is 1. The minimum Gasteiger partial charge on any atom is -0.367 e. The molecule has 0 saturated carbocycles. The Bertz CT molecular complexity index is 1020. The van der Waals surface area contributed by atoms with E-state index < -0.39 is 38.9 Å². The van der Waals surface area contributed by atoms with Gasteiger partial charge in [-0.2, -0.15) is 0 Å². The lowest BCUT2D eigenvalue weighted by Gasteiger charge is -2.20. The lowest BCUT2D eigenvalue weighted by atomic mass is 10.2. The molecule has 0 unspecified atom stereocenters. The highest BCUT2D eigenvalue weighted by Crippen LogP contribution is 2.30. The third-order valence-corrected chi connectivity index (χ3v) is 6.07. The summed E-state index contributed by atoms with van der Waals surface area (Å²) in [5, 5.41) is 2.22. The fourth-order valence-electron chi connectivity index (χ4n) is 3.20. The molecule has 2 aromatic rings. The molecule has 0 atom stereocenters. The fraction of sp³-hybridized carbons (Fsp3) is 0.316. The van der Waals surface area contributed by atoms with Gasteiger partial charge in [0.2, 0.25) is 10.0 Å². The van der Waals surface area contributed by atoms with Gasteiger partial charge in [0, 0.05) is 25.3 Å². The minimum atomic E-state index is -3.91. The van der Waals surface area contributed by atoms with Crippen LogP contribution in [0.2, 0.25) is 0 Å². The summed E-state index contributed by atoms with van der Waals surface area (Å²) in [5.41, 5.74) is -0.925. The number of hydrogen-bond donors (Lipinski definition) is 2. The van der Waals surface area contributed by atoms with Crippen molar-refractivity contribution in [2.24, 2.45) is 0 Å². The van der Waals surface area contributed by atoms with E-state index in [1.807, 2.05) is 0 Å². The lowest BCUT2D eigenvalue weighted by molar-refractivity contribution is 0.102. The second-order valence-electron chi connectivity index (χ2n) is 6.58. The minimum absolute atomic E-state index is 0.114.